The minimum absolute atomic E-state index is 0.382. The van der Waals surface area contributed by atoms with Crippen LogP contribution in [0.5, 0.6) is 0 Å². The SMILES string of the molecule is COC(=O)c1c(NC(=O)CN(c2ccccc2C)S(C)(=O)=O)sc2c1CCCC2. The van der Waals surface area contributed by atoms with Gasteiger partial charge in [0.1, 0.15) is 11.5 Å². The minimum atomic E-state index is -3.68. The number of carbonyl (C=O) groups is 2. The average molecular weight is 437 g/mol. The number of fused-ring (bicyclic) bond motifs is 1. The highest BCUT2D eigenvalue weighted by Gasteiger charge is 2.28. The lowest BCUT2D eigenvalue weighted by atomic mass is 9.95. The van der Waals surface area contributed by atoms with Gasteiger partial charge in [-0.2, -0.15) is 0 Å². The van der Waals surface area contributed by atoms with Crippen molar-refractivity contribution in [3.63, 3.8) is 0 Å². The Morgan fingerprint density at radius 3 is 2.55 bits per heavy atom. The van der Waals surface area contributed by atoms with Gasteiger partial charge in [-0.1, -0.05) is 18.2 Å². The Labute approximate surface area is 174 Å². The molecule has 1 aromatic heterocycles. The molecule has 0 fully saturated rings. The minimum Gasteiger partial charge on any atom is -0.465 e. The van der Waals surface area contributed by atoms with Crippen molar-refractivity contribution in [3.8, 4) is 0 Å². The highest BCUT2D eigenvalue weighted by atomic mass is 32.2. The first-order chi connectivity index (χ1) is 13.7. The van der Waals surface area contributed by atoms with Crippen LogP contribution in [0.1, 0.15) is 39.2 Å². The normalized spacial score (nSPS) is 13.5. The summed E-state index contributed by atoms with van der Waals surface area (Å²) in [5.74, 6) is -0.999. The molecule has 0 aliphatic heterocycles. The maximum Gasteiger partial charge on any atom is 0.341 e. The van der Waals surface area contributed by atoms with Gasteiger partial charge in [0, 0.05) is 4.88 Å². The van der Waals surface area contributed by atoms with E-state index in [1.807, 2.05) is 0 Å². The number of carbonyl (C=O) groups excluding carboxylic acids is 2. The number of thiophene rings is 1. The van der Waals surface area contributed by atoms with E-state index in [-0.39, 0.29) is 6.54 Å². The summed E-state index contributed by atoms with van der Waals surface area (Å²) in [6.45, 7) is 1.40. The molecule has 1 N–H and O–H groups in total. The molecule has 0 saturated heterocycles. The maximum atomic E-state index is 12.8. The highest BCUT2D eigenvalue weighted by molar-refractivity contribution is 7.92. The van der Waals surface area contributed by atoms with Crippen molar-refractivity contribution < 1.29 is 22.7 Å². The third-order valence-electron chi connectivity index (χ3n) is 4.89. The number of nitrogens with one attached hydrogen (secondary N) is 1. The van der Waals surface area contributed by atoms with Crippen LogP contribution >= 0.6 is 11.3 Å². The Balaban J connectivity index is 1.89. The van der Waals surface area contributed by atoms with E-state index in [1.54, 1.807) is 31.2 Å². The Hall–Kier alpha value is -2.39. The Morgan fingerprint density at radius 2 is 1.90 bits per heavy atom. The van der Waals surface area contributed by atoms with Crippen molar-refractivity contribution >= 4 is 43.9 Å². The number of hydrogen-bond donors (Lipinski definition) is 1. The zero-order valence-corrected chi connectivity index (χ0v) is 18.3. The largest absolute Gasteiger partial charge is 0.465 e. The molecular formula is C20H24N2O5S2. The Morgan fingerprint density at radius 1 is 1.21 bits per heavy atom. The number of sulfonamides is 1. The standard InChI is InChI=1S/C20H24N2O5S2/c1-13-8-4-6-10-15(13)22(29(3,25)26)12-17(23)21-19-18(20(24)27-2)14-9-5-7-11-16(14)28-19/h4,6,8,10H,5,7,9,11-12H2,1-3H3,(H,21,23). The molecule has 156 valence electrons. The van der Waals surface area contributed by atoms with E-state index in [4.69, 9.17) is 4.74 Å². The van der Waals surface area contributed by atoms with E-state index < -0.39 is 21.9 Å². The number of anilines is 2. The van der Waals surface area contributed by atoms with Gasteiger partial charge in [0.2, 0.25) is 15.9 Å². The van der Waals surface area contributed by atoms with Crippen LogP contribution in [-0.4, -0.2) is 40.2 Å². The van der Waals surface area contributed by atoms with Crippen LogP contribution in [0, 0.1) is 6.92 Å². The van der Waals surface area contributed by atoms with Crippen molar-refractivity contribution in [2.45, 2.75) is 32.6 Å². The number of hydrogen-bond acceptors (Lipinski definition) is 6. The molecule has 0 saturated carbocycles. The van der Waals surface area contributed by atoms with Crippen molar-refractivity contribution in [1.82, 2.24) is 0 Å². The van der Waals surface area contributed by atoms with Gasteiger partial charge in [-0.25, -0.2) is 13.2 Å². The Kier molecular flexibility index (Phi) is 6.28. The number of esters is 1. The molecule has 0 unspecified atom stereocenters. The van der Waals surface area contributed by atoms with Crippen LogP contribution in [0.25, 0.3) is 0 Å². The molecule has 29 heavy (non-hydrogen) atoms. The second-order valence-electron chi connectivity index (χ2n) is 7.01. The zero-order chi connectivity index (χ0) is 21.2. The van der Waals surface area contributed by atoms with Crippen LogP contribution in [0.4, 0.5) is 10.7 Å². The second-order valence-corrected chi connectivity index (χ2v) is 10.0. The quantitative estimate of drug-likeness (QED) is 0.703. The van der Waals surface area contributed by atoms with Crippen LogP contribution < -0.4 is 9.62 Å². The van der Waals surface area contributed by atoms with Crippen LogP contribution in [0.2, 0.25) is 0 Å². The summed E-state index contributed by atoms with van der Waals surface area (Å²) >= 11 is 1.37. The fourth-order valence-corrected chi connectivity index (χ4v) is 5.70. The molecular weight excluding hydrogens is 412 g/mol. The van der Waals surface area contributed by atoms with E-state index in [2.05, 4.69) is 5.32 Å². The van der Waals surface area contributed by atoms with Crippen LogP contribution in [-0.2, 0) is 32.4 Å². The van der Waals surface area contributed by atoms with Gasteiger partial charge < -0.3 is 10.1 Å². The lowest BCUT2D eigenvalue weighted by molar-refractivity contribution is -0.114. The van der Waals surface area contributed by atoms with Gasteiger partial charge >= 0.3 is 5.97 Å². The fraction of sp³-hybridized carbons (Fsp3) is 0.400. The summed E-state index contributed by atoms with van der Waals surface area (Å²) in [5.41, 5.74) is 2.51. The summed E-state index contributed by atoms with van der Waals surface area (Å²) < 4.78 is 30.6. The van der Waals surface area contributed by atoms with E-state index >= 15 is 0 Å². The number of ether oxygens (including phenoxy) is 1. The van der Waals surface area contributed by atoms with Gasteiger partial charge in [0.15, 0.2) is 0 Å². The number of amides is 1. The lowest BCUT2D eigenvalue weighted by Gasteiger charge is -2.23. The predicted molar refractivity (Wildman–Crippen MR) is 114 cm³/mol. The van der Waals surface area contributed by atoms with Gasteiger partial charge in [0.25, 0.3) is 0 Å². The van der Waals surface area contributed by atoms with Gasteiger partial charge in [-0.3, -0.25) is 9.10 Å². The molecule has 1 aromatic carbocycles. The number of aryl methyl sites for hydroxylation is 2. The summed E-state index contributed by atoms with van der Waals surface area (Å²) in [5, 5.41) is 3.17. The second kappa shape index (κ2) is 8.54. The summed E-state index contributed by atoms with van der Waals surface area (Å²) in [7, 11) is -2.37. The number of benzene rings is 1. The van der Waals surface area contributed by atoms with Gasteiger partial charge in [-0.15, -0.1) is 11.3 Å². The lowest BCUT2D eigenvalue weighted by Crippen LogP contribution is -2.37. The van der Waals surface area contributed by atoms with Gasteiger partial charge in [0.05, 0.1) is 24.6 Å². The average Bonchev–Trinajstić information content (AvgIpc) is 3.03. The molecule has 1 amide bonds. The first-order valence-corrected chi connectivity index (χ1v) is 11.9. The molecule has 1 heterocycles. The number of methoxy groups -OCH3 is 1. The molecule has 2 aromatic rings. The van der Waals surface area contributed by atoms with Crippen LogP contribution in [0.15, 0.2) is 24.3 Å². The molecule has 0 bridgehead atoms. The molecule has 3 rings (SSSR count). The van der Waals surface area contributed by atoms with E-state index in [0.29, 0.717) is 16.3 Å². The summed E-state index contributed by atoms with van der Waals surface area (Å²) in [6, 6.07) is 6.97. The monoisotopic (exact) mass is 436 g/mol. The third kappa shape index (κ3) is 4.62. The zero-order valence-electron chi connectivity index (χ0n) is 16.6. The van der Waals surface area contributed by atoms with E-state index in [0.717, 1.165) is 52.2 Å². The molecule has 1 aliphatic carbocycles. The van der Waals surface area contributed by atoms with Crippen molar-refractivity contribution in [3.05, 3.63) is 45.8 Å². The first kappa shape index (κ1) is 21.3. The van der Waals surface area contributed by atoms with Crippen molar-refractivity contribution in [2.75, 3.05) is 29.5 Å². The van der Waals surface area contributed by atoms with Crippen LogP contribution in [0.3, 0.4) is 0 Å². The smallest absolute Gasteiger partial charge is 0.341 e. The molecule has 7 nitrogen and oxygen atoms in total. The van der Waals surface area contributed by atoms with Crippen molar-refractivity contribution in [2.24, 2.45) is 0 Å². The predicted octanol–water partition coefficient (Wildman–Crippen LogP) is 3.13. The molecule has 0 atom stereocenters. The summed E-state index contributed by atoms with van der Waals surface area (Å²) in [4.78, 5) is 26.2. The third-order valence-corrected chi connectivity index (χ3v) is 7.22. The number of nitrogens with zero attached hydrogens (tertiary/aromatic N) is 1. The first-order valence-electron chi connectivity index (χ1n) is 9.28. The molecule has 0 spiro atoms. The van der Waals surface area contributed by atoms with Crippen molar-refractivity contribution in [1.29, 1.82) is 0 Å². The van der Waals surface area contributed by atoms with E-state index in [1.165, 1.54) is 18.4 Å². The molecule has 9 heteroatoms. The number of para-hydroxylation sites is 1. The van der Waals surface area contributed by atoms with Gasteiger partial charge in [-0.05, 0) is 49.8 Å². The summed E-state index contributed by atoms with van der Waals surface area (Å²) in [6.07, 6.45) is 4.71. The molecule has 0 radical (unpaired) electrons. The maximum absolute atomic E-state index is 12.8. The number of rotatable bonds is 6. The topological polar surface area (TPSA) is 92.8 Å². The Bertz CT molecular complexity index is 1040. The molecule has 1 aliphatic rings. The highest BCUT2D eigenvalue weighted by Crippen LogP contribution is 2.38. The fourth-order valence-electron chi connectivity index (χ4n) is 3.49. The van der Waals surface area contributed by atoms with E-state index in [9.17, 15) is 18.0 Å².